The predicted molar refractivity (Wildman–Crippen MR) is 82.7 cm³/mol. The Morgan fingerprint density at radius 2 is 2.00 bits per heavy atom. The van der Waals surface area contributed by atoms with Crippen LogP contribution in [0.4, 0.5) is 0 Å². The topological polar surface area (TPSA) is 92.4 Å². The first-order valence-electron chi connectivity index (χ1n) is 8.09. The second-order valence-corrected chi connectivity index (χ2v) is 6.54. The number of carboxylic acid groups (broad SMARTS) is 1. The summed E-state index contributed by atoms with van der Waals surface area (Å²) in [6, 6.07) is 0. The average Bonchev–Trinajstić information content (AvgIpc) is 3.19. The van der Waals surface area contributed by atoms with Gasteiger partial charge in [0.1, 0.15) is 5.76 Å². The molecule has 4 unspecified atom stereocenters. The lowest BCUT2D eigenvalue weighted by atomic mass is 9.82. The number of aryl methyl sites for hydroxylation is 2. The molecule has 1 aromatic rings. The van der Waals surface area contributed by atoms with Crippen LogP contribution in [0.2, 0.25) is 0 Å². The molecular weight excluding hydrogens is 296 g/mol. The zero-order valence-electron chi connectivity index (χ0n) is 13.4. The smallest absolute Gasteiger partial charge is 0.307 e. The summed E-state index contributed by atoms with van der Waals surface area (Å²) in [5, 5.41) is 16.2. The molecule has 0 spiro atoms. The van der Waals surface area contributed by atoms with Gasteiger partial charge in [0.25, 0.3) is 0 Å². The van der Waals surface area contributed by atoms with Crippen molar-refractivity contribution < 1.29 is 19.2 Å². The van der Waals surface area contributed by atoms with Crippen LogP contribution in [0.3, 0.4) is 0 Å². The highest BCUT2D eigenvalue weighted by Gasteiger charge is 2.51. The molecule has 0 aliphatic heterocycles. The first kappa shape index (κ1) is 15.8. The van der Waals surface area contributed by atoms with E-state index >= 15 is 0 Å². The highest BCUT2D eigenvalue weighted by Crippen LogP contribution is 2.48. The molecule has 2 bridgehead atoms. The van der Waals surface area contributed by atoms with E-state index in [2.05, 4.69) is 10.5 Å². The number of allylic oxidation sites excluding steroid dienone is 2. The van der Waals surface area contributed by atoms with E-state index in [1.54, 1.807) is 0 Å². The van der Waals surface area contributed by atoms with E-state index in [0.29, 0.717) is 6.54 Å². The fourth-order valence-electron chi connectivity index (χ4n) is 3.97. The van der Waals surface area contributed by atoms with Crippen LogP contribution in [0.25, 0.3) is 0 Å². The lowest BCUT2D eigenvalue weighted by Gasteiger charge is -2.23. The summed E-state index contributed by atoms with van der Waals surface area (Å²) in [4.78, 5) is 23.8. The molecule has 1 heterocycles. The van der Waals surface area contributed by atoms with Gasteiger partial charge in [-0.3, -0.25) is 9.59 Å². The number of nitrogens with one attached hydrogen (secondary N) is 1. The maximum absolute atomic E-state index is 12.4. The minimum absolute atomic E-state index is 0.00977. The van der Waals surface area contributed by atoms with E-state index in [0.717, 1.165) is 36.3 Å². The quantitative estimate of drug-likeness (QED) is 0.617. The van der Waals surface area contributed by atoms with Crippen molar-refractivity contribution in [2.45, 2.75) is 33.1 Å². The van der Waals surface area contributed by atoms with Gasteiger partial charge in [-0.05, 0) is 44.9 Å². The largest absolute Gasteiger partial charge is 0.481 e. The van der Waals surface area contributed by atoms with E-state index in [9.17, 15) is 14.7 Å². The molecule has 0 aromatic carbocycles. The molecule has 1 saturated carbocycles. The highest BCUT2D eigenvalue weighted by atomic mass is 16.5. The van der Waals surface area contributed by atoms with Crippen molar-refractivity contribution in [1.29, 1.82) is 0 Å². The van der Waals surface area contributed by atoms with Crippen molar-refractivity contribution in [3.63, 3.8) is 0 Å². The first-order chi connectivity index (χ1) is 11.0. The van der Waals surface area contributed by atoms with Crippen molar-refractivity contribution in [3.05, 3.63) is 29.2 Å². The zero-order valence-corrected chi connectivity index (χ0v) is 13.4. The maximum atomic E-state index is 12.4. The van der Waals surface area contributed by atoms with Crippen LogP contribution < -0.4 is 5.32 Å². The van der Waals surface area contributed by atoms with Gasteiger partial charge in [0.05, 0.1) is 17.5 Å². The molecular formula is C17H22N2O4. The van der Waals surface area contributed by atoms with Crippen LogP contribution in [-0.2, 0) is 16.0 Å². The van der Waals surface area contributed by atoms with Crippen LogP contribution in [0.15, 0.2) is 16.7 Å². The molecule has 0 radical (unpaired) electrons. The Balaban J connectivity index is 1.52. The number of aromatic nitrogens is 1. The van der Waals surface area contributed by atoms with Crippen LogP contribution in [0.5, 0.6) is 0 Å². The molecule has 1 fully saturated rings. The van der Waals surface area contributed by atoms with E-state index in [4.69, 9.17) is 4.52 Å². The molecule has 124 valence electrons. The number of aliphatic carboxylic acids is 1. The summed E-state index contributed by atoms with van der Waals surface area (Å²) in [5.41, 5.74) is 1.98. The number of fused-ring (bicyclic) bond motifs is 2. The Morgan fingerprint density at radius 1 is 1.30 bits per heavy atom. The van der Waals surface area contributed by atoms with Gasteiger partial charge in [-0.1, -0.05) is 17.3 Å². The van der Waals surface area contributed by atoms with Crippen LogP contribution in [0, 0.1) is 37.5 Å². The summed E-state index contributed by atoms with van der Waals surface area (Å²) in [6.07, 6.45) is 6.31. The van der Waals surface area contributed by atoms with E-state index in [1.807, 2.05) is 26.0 Å². The van der Waals surface area contributed by atoms with Crippen molar-refractivity contribution in [3.8, 4) is 0 Å². The third-order valence-corrected chi connectivity index (χ3v) is 5.13. The minimum atomic E-state index is -0.863. The molecule has 3 rings (SSSR count). The number of hydrogen-bond donors (Lipinski definition) is 2. The molecule has 2 N–H and O–H groups in total. The highest BCUT2D eigenvalue weighted by molar-refractivity contribution is 5.86. The Morgan fingerprint density at radius 3 is 2.61 bits per heavy atom. The first-order valence-corrected chi connectivity index (χ1v) is 8.09. The summed E-state index contributed by atoms with van der Waals surface area (Å²) in [7, 11) is 0. The molecule has 1 aromatic heterocycles. The van der Waals surface area contributed by atoms with Gasteiger partial charge in [0.15, 0.2) is 0 Å². The number of amides is 1. The minimum Gasteiger partial charge on any atom is -0.481 e. The predicted octanol–water partition coefficient (Wildman–Crippen LogP) is 1.86. The summed E-state index contributed by atoms with van der Waals surface area (Å²) >= 11 is 0. The van der Waals surface area contributed by atoms with Gasteiger partial charge in [-0.15, -0.1) is 0 Å². The average molecular weight is 318 g/mol. The molecule has 2 aliphatic rings. The number of nitrogens with zero attached hydrogens (tertiary/aromatic N) is 1. The van der Waals surface area contributed by atoms with Crippen molar-refractivity contribution in [1.82, 2.24) is 10.5 Å². The number of carboxylic acids is 1. The standard InChI is InChI=1S/C17H22N2O4/c1-9-13(10(2)23-19-9)4-3-7-18-16(20)14-11-5-6-12(8-11)15(14)17(21)22/h5-6,11-12,14-15H,3-4,7-8H2,1-2H3,(H,18,20)(H,21,22). The molecule has 4 atom stereocenters. The van der Waals surface area contributed by atoms with Crippen LogP contribution >= 0.6 is 0 Å². The molecule has 2 aliphatic carbocycles. The second kappa shape index (κ2) is 6.18. The van der Waals surface area contributed by atoms with Gasteiger partial charge in [0, 0.05) is 12.1 Å². The lowest BCUT2D eigenvalue weighted by molar-refractivity contribution is -0.147. The third kappa shape index (κ3) is 2.90. The number of hydrogen-bond acceptors (Lipinski definition) is 4. The summed E-state index contributed by atoms with van der Waals surface area (Å²) in [6.45, 7) is 4.32. The summed E-state index contributed by atoms with van der Waals surface area (Å²) in [5.74, 6) is -1.10. The fraction of sp³-hybridized carbons (Fsp3) is 0.588. The van der Waals surface area contributed by atoms with Gasteiger partial charge in [-0.25, -0.2) is 0 Å². The molecule has 23 heavy (non-hydrogen) atoms. The van der Waals surface area contributed by atoms with Gasteiger partial charge in [0.2, 0.25) is 5.91 Å². The molecule has 6 nitrogen and oxygen atoms in total. The monoisotopic (exact) mass is 318 g/mol. The number of rotatable bonds is 6. The van der Waals surface area contributed by atoms with Gasteiger partial charge >= 0.3 is 5.97 Å². The van der Waals surface area contributed by atoms with Crippen molar-refractivity contribution in [2.75, 3.05) is 6.54 Å². The van der Waals surface area contributed by atoms with E-state index in [1.165, 1.54) is 0 Å². The van der Waals surface area contributed by atoms with Crippen LogP contribution in [0.1, 0.15) is 29.9 Å². The van der Waals surface area contributed by atoms with Gasteiger partial charge < -0.3 is 14.9 Å². The molecule has 6 heteroatoms. The van der Waals surface area contributed by atoms with E-state index in [-0.39, 0.29) is 17.7 Å². The van der Waals surface area contributed by atoms with Crippen LogP contribution in [-0.4, -0.2) is 28.7 Å². The Labute approximate surface area is 134 Å². The number of carbonyl (C=O) groups is 2. The lowest BCUT2D eigenvalue weighted by Crippen LogP contribution is -2.40. The Kier molecular flexibility index (Phi) is 4.24. The third-order valence-electron chi connectivity index (χ3n) is 5.13. The van der Waals surface area contributed by atoms with Crippen molar-refractivity contribution >= 4 is 11.9 Å². The normalized spacial score (nSPS) is 28.3. The zero-order chi connectivity index (χ0) is 16.6. The van der Waals surface area contributed by atoms with E-state index < -0.39 is 17.8 Å². The Bertz CT molecular complexity index is 630. The molecule has 1 amide bonds. The SMILES string of the molecule is Cc1noc(C)c1CCCNC(=O)C1C2C=CC(C2)C1C(=O)O. The number of carbonyl (C=O) groups excluding carboxylic acids is 1. The molecule has 0 saturated heterocycles. The fourth-order valence-corrected chi connectivity index (χ4v) is 3.97. The summed E-state index contributed by atoms with van der Waals surface area (Å²) < 4.78 is 5.12. The maximum Gasteiger partial charge on any atom is 0.307 e. The Hall–Kier alpha value is -2.11. The second-order valence-electron chi connectivity index (χ2n) is 6.54. The van der Waals surface area contributed by atoms with Gasteiger partial charge in [-0.2, -0.15) is 0 Å². The van der Waals surface area contributed by atoms with Crippen molar-refractivity contribution in [2.24, 2.45) is 23.7 Å².